The van der Waals surface area contributed by atoms with E-state index in [0.29, 0.717) is 18.4 Å². The molecule has 8 nitrogen and oxygen atoms in total. The Morgan fingerprint density at radius 1 is 1.29 bits per heavy atom. The molecule has 1 aliphatic heterocycles. The lowest BCUT2D eigenvalue weighted by Gasteiger charge is -2.28. The molecule has 0 saturated carbocycles. The summed E-state index contributed by atoms with van der Waals surface area (Å²) in [5.41, 5.74) is 5.81. The fourth-order valence-corrected chi connectivity index (χ4v) is 2.32. The minimum absolute atomic E-state index is 0.0876. The number of hydrogen-bond acceptors (Lipinski definition) is 7. The molecule has 1 aromatic heterocycles. The van der Waals surface area contributed by atoms with Gasteiger partial charge in [0.1, 0.15) is 0 Å². The zero-order valence-corrected chi connectivity index (χ0v) is 12.7. The van der Waals surface area contributed by atoms with Crippen LogP contribution in [-0.4, -0.2) is 54.1 Å². The topological polar surface area (TPSA) is 100 Å². The van der Waals surface area contributed by atoms with Crippen molar-refractivity contribution in [2.45, 2.75) is 26.2 Å². The van der Waals surface area contributed by atoms with Crippen LogP contribution in [0.1, 0.15) is 26.2 Å². The van der Waals surface area contributed by atoms with E-state index in [2.05, 4.69) is 25.2 Å². The van der Waals surface area contributed by atoms with Crippen molar-refractivity contribution in [1.29, 1.82) is 0 Å². The maximum atomic E-state index is 11.6. The second kappa shape index (κ2) is 7.05. The Morgan fingerprint density at radius 3 is 2.62 bits per heavy atom. The highest BCUT2D eigenvalue weighted by atomic mass is 16.1. The number of likely N-dealkylation sites (N-methyl/N-ethyl adjacent to an activating group) is 2. The summed E-state index contributed by atoms with van der Waals surface area (Å²) >= 11 is 0. The summed E-state index contributed by atoms with van der Waals surface area (Å²) in [6.45, 7) is 4.64. The number of nitrogens with two attached hydrogens (primary N) is 1. The summed E-state index contributed by atoms with van der Waals surface area (Å²) in [4.78, 5) is 28.3. The van der Waals surface area contributed by atoms with E-state index in [-0.39, 0.29) is 18.4 Å². The van der Waals surface area contributed by atoms with Crippen LogP contribution in [0.5, 0.6) is 0 Å². The monoisotopic (exact) mass is 293 g/mol. The van der Waals surface area contributed by atoms with Gasteiger partial charge in [-0.25, -0.2) is 0 Å². The lowest BCUT2D eigenvalue weighted by molar-refractivity contribution is -0.119. The molecule has 21 heavy (non-hydrogen) atoms. The molecule has 3 N–H and O–H groups in total. The summed E-state index contributed by atoms with van der Waals surface area (Å²) in [6.07, 6.45) is 3.51. The molecule has 1 aromatic rings. The fourth-order valence-electron chi connectivity index (χ4n) is 2.32. The first-order chi connectivity index (χ1) is 10.1. The fraction of sp³-hybridized carbons (Fsp3) is 0.692. The molecule has 1 saturated heterocycles. The number of nitrogens with zero attached hydrogens (tertiary/aromatic N) is 5. The van der Waals surface area contributed by atoms with Gasteiger partial charge in [-0.3, -0.25) is 4.79 Å². The van der Waals surface area contributed by atoms with Crippen molar-refractivity contribution >= 4 is 23.8 Å². The second-order valence-electron chi connectivity index (χ2n) is 5.03. The Balaban J connectivity index is 2.21. The predicted molar refractivity (Wildman–Crippen MR) is 82.3 cm³/mol. The van der Waals surface area contributed by atoms with E-state index in [1.54, 1.807) is 11.9 Å². The third-order valence-corrected chi connectivity index (χ3v) is 3.55. The van der Waals surface area contributed by atoms with Crippen LogP contribution in [0.2, 0.25) is 0 Å². The molecular formula is C13H23N7O. The first-order valence-corrected chi connectivity index (χ1v) is 7.36. The SMILES string of the molecule is CCN(CC(=O)NC)c1nc(N)nc(N2CCCCC2)n1. The first kappa shape index (κ1) is 15.3. The molecule has 0 unspecified atom stereocenters. The molecular weight excluding hydrogens is 270 g/mol. The van der Waals surface area contributed by atoms with Gasteiger partial charge in [0, 0.05) is 26.7 Å². The normalized spacial score (nSPS) is 14.9. The van der Waals surface area contributed by atoms with Crippen molar-refractivity contribution in [2.75, 3.05) is 48.8 Å². The molecule has 0 aromatic carbocycles. The number of amides is 1. The van der Waals surface area contributed by atoms with Crippen LogP contribution >= 0.6 is 0 Å². The smallest absolute Gasteiger partial charge is 0.239 e. The number of anilines is 3. The van der Waals surface area contributed by atoms with E-state index in [9.17, 15) is 4.79 Å². The van der Waals surface area contributed by atoms with Crippen molar-refractivity contribution in [2.24, 2.45) is 0 Å². The Hall–Kier alpha value is -2.12. The maximum absolute atomic E-state index is 11.6. The lowest BCUT2D eigenvalue weighted by atomic mass is 10.1. The highest BCUT2D eigenvalue weighted by Crippen LogP contribution is 2.19. The maximum Gasteiger partial charge on any atom is 0.239 e. The average molecular weight is 293 g/mol. The van der Waals surface area contributed by atoms with Crippen LogP contribution < -0.4 is 20.9 Å². The van der Waals surface area contributed by atoms with Crippen LogP contribution in [0, 0.1) is 0 Å². The lowest BCUT2D eigenvalue weighted by Crippen LogP contribution is -2.37. The van der Waals surface area contributed by atoms with Crippen molar-refractivity contribution in [3.63, 3.8) is 0 Å². The van der Waals surface area contributed by atoms with E-state index >= 15 is 0 Å². The quantitative estimate of drug-likeness (QED) is 0.789. The minimum atomic E-state index is -0.0876. The summed E-state index contributed by atoms with van der Waals surface area (Å²) in [5.74, 6) is 1.16. The molecule has 1 fully saturated rings. The van der Waals surface area contributed by atoms with E-state index in [1.807, 2.05) is 6.92 Å². The number of carbonyl (C=O) groups is 1. The van der Waals surface area contributed by atoms with E-state index in [4.69, 9.17) is 5.73 Å². The summed E-state index contributed by atoms with van der Waals surface area (Å²) in [6, 6.07) is 0. The molecule has 0 bridgehead atoms. The van der Waals surface area contributed by atoms with Crippen molar-refractivity contribution in [3.8, 4) is 0 Å². The zero-order chi connectivity index (χ0) is 15.2. The number of nitrogens with one attached hydrogen (secondary N) is 1. The molecule has 0 aliphatic carbocycles. The Bertz CT molecular complexity index is 487. The van der Waals surface area contributed by atoms with Crippen LogP contribution in [-0.2, 0) is 4.79 Å². The molecule has 1 aliphatic rings. The number of rotatable bonds is 5. The number of hydrogen-bond donors (Lipinski definition) is 2. The molecule has 1 amide bonds. The zero-order valence-electron chi connectivity index (χ0n) is 12.7. The summed E-state index contributed by atoms with van der Waals surface area (Å²) in [7, 11) is 1.61. The number of aromatic nitrogens is 3. The molecule has 8 heteroatoms. The largest absolute Gasteiger partial charge is 0.368 e. The van der Waals surface area contributed by atoms with Crippen LogP contribution in [0.4, 0.5) is 17.8 Å². The molecule has 2 heterocycles. The van der Waals surface area contributed by atoms with Crippen LogP contribution in [0.3, 0.4) is 0 Å². The minimum Gasteiger partial charge on any atom is -0.368 e. The Kier molecular flexibility index (Phi) is 5.13. The number of piperidine rings is 1. The van der Waals surface area contributed by atoms with Crippen LogP contribution in [0.15, 0.2) is 0 Å². The van der Waals surface area contributed by atoms with Gasteiger partial charge in [0.05, 0.1) is 6.54 Å². The molecule has 116 valence electrons. The third kappa shape index (κ3) is 3.93. The van der Waals surface area contributed by atoms with Gasteiger partial charge in [-0.2, -0.15) is 15.0 Å². The summed E-state index contributed by atoms with van der Waals surface area (Å²) < 4.78 is 0. The van der Waals surface area contributed by atoms with Crippen molar-refractivity contribution < 1.29 is 4.79 Å². The van der Waals surface area contributed by atoms with E-state index in [1.165, 1.54) is 6.42 Å². The van der Waals surface area contributed by atoms with Gasteiger partial charge in [0.2, 0.25) is 23.8 Å². The number of nitrogen functional groups attached to an aromatic ring is 1. The highest BCUT2D eigenvalue weighted by molar-refractivity contribution is 5.80. The second-order valence-corrected chi connectivity index (χ2v) is 5.03. The van der Waals surface area contributed by atoms with Crippen LogP contribution in [0.25, 0.3) is 0 Å². The van der Waals surface area contributed by atoms with E-state index in [0.717, 1.165) is 25.9 Å². The van der Waals surface area contributed by atoms with Gasteiger partial charge in [-0.15, -0.1) is 0 Å². The van der Waals surface area contributed by atoms with Gasteiger partial charge in [-0.05, 0) is 26.2 Å². The van der Waals surface area contributed by atoms with Gasteiger partial charge < -0.3 is 20.9 Å². The predicted octanol–water partition coefficient (Wildman–Crippen LogP) is 0.0164. The van der Waals surface area contributed by atoms with Gasteiger partial charge >= 0.3 is 0 Å². The van der Waals surface area contributed by atoms with E-state index < -0.39 is 0 Å². The molecule has 0 radical (unpaired) electrons. The Morgan fingerprint density at radius 2 is 2.00 bits per heavy atom. The van der Waals surface area contributed by atoms with Crippen molar-refractivity contribution in [1.82, 2.24) is 20.3 Å². The Labute approximate surface area is 124 Å². The molecule has 0 atom stereocenters. The molecule has 0 spiro atoms. The third-order valence-electron chi connectivity index (χ3n) is 3.55. The highest BCUT2D eigenvalue weighted by Gasteiger charge is 2.18. The first-order valence-electron chi connectivity index (χ1n) is 7.36. The van der Waals surface area contributed by atoms with Gasteiger partial charge in [0.25, 0.3) is 0 Å². The standard InChI is InChI=1S/C13H23N7O/c1-3-19(9-10(21)15-2)12-16-11(14)17-13(18-12)20-7-5-4-6-8-20/h3-9H2,1-2H3,(H,15,21)(H2,14,16,17,18). The van der Waals surface area contributed by atoms with Crippen molar-refractivity contribution in [3.05, 3.63) is 0 Å². The average Bonchev–Trinajstić information content (AvgIpc) is 2.52. The summed E-state index contributed by atoms with van der Waals surface area (Å²) in [5, 5.41) is 2.60. The van der Waals surface area contributed by atoms with Gasteiger partial charge in [-0.1, -0.05) is 0 Å². The van der Waals surface area contributed by atoms with Gasteiger partial charge in [0.15, 0.2) is 0 Å². The molecule has 2 rings (SSSR count). The number of carbonyl (C=O) groups excluding carboxylic acids is 1.